The summed E-state index contributed by atoms with van der Waals surface area (Å²) in [7, 11) is 0. The Hall–Kier alpha value is -0.470. The van der Waals surface area contributed by atoms with Gasteiger partial charge in [-0.05, 0) is 41.1 Å². The van der Waals surface area contributed by atoms with E-state index in [0.717, 1.165) is 0 Å². The summed E-state index contributed by atoms with van der Waals surface area (Å²) < 4.78 is 61.8. The topological polar surface area (TPSA) is 12.9 Å². The Morgan fingerprint density at radius 3 is 2.27 bits per heavy atom. The lowest BCUT2D eigenvalue weighted by atomic mass is 10.1. The molecule has 1 heterocycles. The Morgan fingerprint density at radius 2 is 1.87 bits per heavy atom. The summed E-state index contributed by atoms with van der Waals surface area (Å²) in [6.07, 6.45) is -8.02. The highest BCUT2D eigenvalue weighted by molar-refractivity contribution is 14.1. The van der Waals surface area contributed by atoms with Crippen LogP contribution in [0.4, 0.5) is 22.0 Å². The Balaban J connectivity index is 3.42. The second kappa shape index (κ2) is 4.18. The van der Waals surface area contributed by atoms with Crippen LogP contribution in [-0.4, -0.2) is 4.98 Å². The molecule has 1 aromatic heterocycles. The van der Waals surface area contributed by atoms with Crippen LogP contribution in [0.25, 0.3) is 0 Å². The SMILES string of the molecule is Cc1cc(C(F)(F)F)c(C(F)F)nc1I. The summed E-state index contributed by atoms with van der Waals surface area (Å²) in [4.78, 5) is 3.26. The Morgan fingerprint density at radius 1 is 1.33 bits per heavy atom. The van der Waals surface area contributed by atoms with Crippen LogP contribution >= 0.6 is 22.6 Å². The fourth-order valence-electron chi connectivity index (χ4n) is 0.998. The maximum atomic E-state index is 12.3. The van der Waals surface area contributed by atoms with Gasteiger partial charge in [0.05, 0.1) is 5.56 Å². The highest BCUT2D eigenvalue weighted by atomic mass is 127. The van der Waals surface area contributed by atoms with E-state index in [1.54, 1.807) is 22.6 Å². The molecule has 0 aliphatic carbocycles. The van der Waals surface area contributed by atoms with E-state index in [4.69, 9.17) is 0 Å². The van der Waals surface area contributed by atoms with Gasteiger partial charge in [-0.1, -0.05) is 0 Å². The number of pyridine rings is 1. The molecule has 84 valence electrons. The standard InChI is InChI=1S/C8H5F5IN/c1-3-2-4(8(11,12)13)5(6(9)10)15-7(3)14/h2,6H,1H3. The van der Waals surface area contributed by atoms with Gasteiger partial charge in [0.25, 0.3) is 6.43 Å². The number of halogens is 6. The van der Waals surface area contributed by atoms with Crippen molar-refractivity contribution in [3.63, 3.8) is 0 Å². The van der Waals surface area contributed by atoms with Crippen molar-refractivity contribution in [1.82, 2.24) is 4.98 Å². The number of alkyl halides is 5. The molecule has 1 nitrogen and oxygen atoms in total. The monoisotopic (exact) mass is 337 g/mol. The number of hydrogen-bond acceptors (Lipinski definition) is 1. The van der Waals surface area contributed by atoms with Gasteiger partial charge >= 0.3 is 6.18 Å². The van der Waals surface area contributed by atoms with E-state index in [2.05, 4.69) is 4.98 Å². The smallest absolute Gasteiger partial charge is 0.240 e. The lowest BCUT2D eigenvalue weighted by Gasteiger charge is -2.13. The van der Waals surface area contributed by atoms with Gasteiger partial charge in [-0.2, -0.15) is 13.2 Å². The molecule has 1 rings (SSSR count). The van der Waals surface area contributed by atoms with Gasteiger partial charge in [-0.15, -0.1) is 0 Å². The third-order valence-corrected chi connectivity index (χ3v) is 2.78. The molecule has 7 heteroatoms. The molecule has 0 saturated carbocycles. The average Bonchev–Trinajstić information content (AvgIpc) is 2.06. The molecule has 0 amide bonds. The van der Waals surface area contributed by atoms with Crippen molar-refractivity contribution in [2.75, 3.05) is 0 Å². The summed E-state index contributed by atoms with van der Waals surface area (Å²) in [6, 6.07) is 0.691. The van der Waals surface area contributed by atoms with Crippen LogP contribution in [0.15, 0.2) is 6.07 Å². The summed E-state index contributed by atoms with van der Waals surface area (Å²) in [5, 5.41) is 0. The van der Waals surface area contributed by atoms with Crippen LogP contribution in [0.5, 0.6) is 0 Å². The summed E-state index contributed by atoms with van der Waals surface area (Å²) in [5.41, 5.74) is -2.35. The average molecular weight is 337 g/mol. The van der Waals surface area contributed by atoms with Gasteiger partial charge in [-0.25, -0.2) is 13.8 Å². The van der Waals surface area contributed by atoms with Gasteiger partial charge in [0.2, 0.25) is 0 Å². The minimum Gasteiger partial charge on any atom is -0.240 e. The van der Waals surface area contributed by atoms with Crippen LogP contribution in [0.1, 0.15) is 23.2 Å². The summed E-state index contributed by atoms with van der Waals surface area (Å²) >= 11 is 1.62. The van der Waals surface area contributed by atoms with Crippen molar-refractivity contribution in [2.45, 2.75) is 19.5 Å². The number of aryl methyl sites for hydroxylation is 1. The van der Waals surface area contributed by atoms with Gasteiger partial charge < -0.3 is 0 Å². The van der Waals surface area contributed by atoms with E-state index in [-0.39, 0.29) is 9.26 Å². The third kappa shape index (κ3) is 2.76. The van der Waals surface area contributed by atoms with Crippen LogP contribution in [0.2, 0.25) is 0 Å². The predicted octanol–water partition coefficient (Wildman–Crippen LogP) is 3.95. The van der Waals surface area contributed by atoms with Crippen molar-refractivity contribution in [3.8, 4) is 0 Å². The molecular weight excluding hydrogens is 332 g/mol. The van der Waals surface area contributed by atoms with Gasteiger partial charge in [0.15, 0.2) is 0 Å². The first-order valence-corrected chi connectivity index (χ1v) is 4.83. The van der Waals surface area contributed by atoms with E-state index < -0.39 is 23.9 Å². The molecule has 15 heavy (non-hydrogen) atoms. The minimum absolute atomic E-state index is 0.149. The van der Waals surface area contributed by atoms with Gasteiger partial charge in [-0.3, -0.25) is 0 Å². The van der Waals surface area contributed by atoms with Crippen molar-refractivity contribution in [2.24, 2.45) is 0 Å². The number of hydrogen-bond donors (Lipinski definition) is 0. The second-order valence-electron chi connectivity index (χ2n) is 2.83. The van der Waals surface area contributed by atoms with E-state index in [1.807, 2.05) is 0 Å². The fraction of sp³-hybridized carbons (Fsp3) is 0.375. The maximum absolute atomic E-state index is 12.3. The zero-order chi connectivity index (χ0) is 11.8. The highest BCUT2D eigenvalue weighted by Crippen LogP contribution is 2.36. The first-order valence-electron chi connectivity index (χ1n) is 3.76. The maximum Gasteiger partial charge on any atom is 0.418 e. The van der Waals surface area contributed by atoms with Crippen molar-refractivity contribution in [3.05, 3.63) is 26.6 Å². The quantitative estimate of drug-likeness (QED) is 0.430. The largest absolute Gasteiger partial charge is 0.418 e. The molecule has 0 spiro atoms. The van der Waals surface area contributed by atoms with Gasteiger partial charge in [0, 0.05) is 0 Å². The van der Waals surface area contributed by atoms with Crippen LogP contribution in [0.3, 0.4) is 0 Å². The molecule has 0 atom stereocenters. The molecule has 0 bridgehead atoms. The first-order chi connectivity index (χ1) is 6.73. The molecule has 0 aliphatic rings. The van der Waals surface area contributed by atoms with E-state index in [0.29, 0.717) is 6.07 Å². The Bertz CT molecular complexity index is 374. The molecule has 0 unspecified atom stereocenters. The van der Waals surface area contributed by atoms with Gasteiger partial charge in [0.1, 0.15) is 9.39 Å². The number of rotatable bonds is 1. The molecule has 0 saturated heterocycles. The lowest BCUT2D eigenvalue weighted by Crippen LogP contribution is -2.13. The van der Waals surface area contributed by atoms with Crippen molar-refractivity contribution < 1.29 is 22.0 Å². The van der Waals surface area contributed by atoms with E-state index in [1.165, 1.54) is 6.92 Å². The molecule has 0 N–H and O–H groups in total. The molecule has 0 aromatic carbocycles. The summed E-state index contributed by atoms with van der Waals surface area (Å²) in [5.74, 6) is 0. The third-order valence-electron chi connectivity index (χ3n) is 1.69. The van der Waals surface area contributed by atoms with Crippen molar-refractivity contribution >= 4 is 22.6 Å². The Kier molecular flexibility index (Phi) is 3.51. The molecule has 0 radical (unpaired) electrons. The normalized spacial score (nSPS) is 12.3. The van der Waals surface area contributed by atoms with E-state index >= 15 is 0 Å². The van der Waals surface area contributed by atoms with Crippen LogP contribution < -0.4 is 0 Å². The van der Waals surface area contributed by atoms with Crippen LogP contribution in [0, 0.1) is 10.6 Å². The first kappa shape index (κ1) is 12.6. The second-order valence-corrected chi connectivity index (χ2v) is 3.85. The zero-order valence-corrected chi connectivity index (χ0v) is 9.53. The molecule has 0 aliphatic heterocycles. The zero-order valence-electron chi connectivity index (χ0n) is 7.37. The van der Waals surface area contributed by atoms with Crippen LogP contribution in [-0.2, 0) is 6.18 Å². The van der Waals surface area contributed by atoms with E-state index in [9.17, 15) is 22.0 Å². The minimum atomic E-state index is -4.80. The predicted molar refractivity (Wildman–Crippen MR) is 51.7 cm³/mol. The number of nitrogens with zero attached hydrogens (tertiary/aromatic N) is 1. The molecule has 1 aromatic rings. The van der Waals surface area contributed by atoms with Crippen molar-refractivity contribution in [1.29, 1.82) is 0 Å². The summed E-state index contributed by atoms with van der Waals surface area (Å²) in [6.45, 7) is 1.39. The molecular formula is C8H5F5IN. The lowest BCUT2D eigenvalue weighted by molar-refractivity contribution is -0.140. The highest BCUT2D eigenvalue weighted by Gasteiger charge is 2.37. The Labute approximate surface area is 95.8 Å². The molecule has 0 fully saturated rings. The number of aromatic nitrogens is 1. The fourth-order valence-corrected chi connectivity index (χ4v) is 1.41.